The minimum absolute atomic E-state index is 0.475. The highest BCUT2D eigenvalue weighted by Crippen LogP contribution is 2.25. The van der Waals surface area contributed by atoms with Gasteiger partial charge in [-0.05, 0) is 0 Å². The first-order chi connectivity index (χ1) is 4.45. The Labute approximate surface area is 71.5 Å². The summed E-state index contributed by atoms with van der Waals surface area (Å²) in [5, 5.41) is 7.63. The van der Waals surface area contributed by atoms with Crippen LogP contribution in [-0.2, 0) is 9.62 Å². The fourth-order valence-electron chi connectivity index (χ4n) is 0.167. The summed E-state index contributed by atoms with van der Waals surface area (Å²) < 4.78 is 2.36. The first-order valence-electron chi connectivity index (χ1n) is 2.00. The van der Waals surface area contributed by atoms with Crippen LogP contribution in [0.25, 0.3) is 0 Å². The van der Waals surface area contributed by atoms with Gasteiger partial charge in [0.05, 0.1) is 0 Å². The quantitative estimate of drug-likeness (QED) is 0.310. The van der Waals surface area contributed by atoms with Gasteiger partial charge in [-0.1, -0.05) is 34.8 Å². The number of hydrogen-bond acceptors (Lipinski definition) is 4. The van der Waals surface area contributed by atoms with E-state index >= 15 is 0 Å². The van der Waals surface area contributed by atoms with Gasteiger partial charge in [-0.3, -0.25) is 4.89 Å². The molecule has 1 N–H and O–H groups in total. The summed E-state index contributed by atoms with van der Waals surface area (Å²) in [6.07, 6.45) is -1.31. The molecule has 0 unspecified atom stereocenters. The number of halogens is 3. The predicted octanol–water partition coefficient (Wildman–Crippen LogP) is 1.98. The molecule has 0 radical (unpaired) electrons. The van der Waals surface area contributed by atoms with Crippen LogP contribution in [0.5, 0.6) is 0 Å². The van der Waals surface area contributed by atoms with Crippen LogP contribution < -0.4 is 0 Å². The Morgan fingerprint density at radius 3 is 2.30 bits per heavy atom. The summed E-state index contributed by atoms with van der Waals surface area (Å²) in [6, 6.07) is 0. The number of alkyl halides is 3. The van der Waals surface area contributed by atoms with E-state index in [0.717, 1.165) is 0 Å². The first-order valence-corrected chi connectivity index (χ1v) is 3.14. The molecular formula is C3H3Cl3O4. The summed E-state index contributed by atoms with van der Waals surface area (Å²) >= 11 is 15.5. The minimum atomic E-state index is -1.69. The molecule has 0 saturated heterocycles. The second kappa shape index (κ2) is 4.08. The van der Waals surface area contributed by atoms with Crippen molar-refractivity contribution in [2.24, 2.45) is 0 Å². The third-order valence-corrected chi connectivity index (χ3v) is 0.756. The van der Waals surface area contributed by atoms with Crippen molar-refractivity contribution in [3.8, 4) is 0 Å². The van der Waals surface area contributed by atoms with Gasteiger partial charge in [0, 0.05) is 0 Å². The Morgan fingerprint density at radius 1 is 1.50 bits per heavy atom. The Kier molecular flexibility index (Phi) is 4.12. The average molecular weight is 209 g/mol. The molecule has 0 aliphatic carbocycles. The second-order valence-electron chi connectivity index (χ2n) is 1.25. The molecule has 0 aliphatic rings. The number of rotatable bonds is 1. The van der Waals surface area contributed by atoms with Crippen LogP contribution in [-0.4, -0.2) is 21.8 Å². The average Bonchev–Trinajstić information content (AvgIpc) is 1.81. The number of carbonyl (C=O) groups is 1. The molecule has 0 rings (SSSR count). The van der Waals surface area contributed by atoms with E-state index in [4.69, 9.17) is 40.1 Å². The van der Waals surface area contributed by atoms with Gasteiger partial charge in [0.15, 0.2) is 0 Å². The van der Waals surface area contributed by atoms with Gasteiger partial charge in [-0.2, -0.15) is 5.26 Å². The number of ether oxygens (including phenoxy) is 1. The highest BCUT2D eigenvalue weighted by molar-refractivity contribution is 6.67. The zero-order valence-corrected chi connectivity index (χ0v) is 6.78. The van der Waals surface area contributed by atoms with Crippen LogP contribution >= 0.6 is 34.8 Å². The van der Waals surface area contributed by atoms with E-state index in [0.29, 0.717) is 0 Å². The van der Waals surface area contributed by atoms with Crippen molar-refractivity contribution < 1.29 is 19.7 Å². The summed E-state index contributed by atoms with van der Waals surface area (Å²) in [6.45, 7) is -0.475. The van der Waals surface area contributed by atoms with E-state index in [1.165, 1.54) is 0 Å². The van der Waals surface area contributed by atoms with Gasteiger partial charge in [0.1, 0.15) is 6.61 Å². The molecule has 0 amide bonds. The van der Waals surface area contributed by atoms with Gasteiger partial charge in [0.25, 0.3) is 0 Å². The zero-order chi connectivity index (χ0) is 8.20. The lowest BCUT2D eigenvalue weighted by Crippen LogP contribution is -2.17. The van der Waals surface area contributed by atoms with Crippen LogP contribution in [0.4, 0.5) is 4.79 Å². The van der Waals surface area contributed by atoms with E-state index in [1.54, 1.807) is 0 Å². The molecule has 0 aromatic heterocycles. The third-order valence-electron chi connectivity index (χ3n) is 0.428. The fourth-order valence-corrected chi connectivity index (χ4v) is 0.331. The zero-order valence-electron chi connectivity index (χ0n) is 4.51. The molecule has 7 heteroatoms. The highest BCUT2D eigenvalue weighted by Gasteiger charge is 2.22. The molecule has 0 fully saturated rings. The lowest BCUT2D eigenvalue weighted by Gasteiger charge is -2.08. The van der Waals surface area contributed by atoms with E-state index in [2.05, 4.69) is 9.62 Å². The van der Waals surface area contributed by atoms with E-state index in [9.17, 15) is 4.79 Å². The van der Waals surface area contributed by atoms with Crippen molar-refractivity contribution in [2.45, 2.75) is 3.79 Å². The molecular weight excluding hydrogens is 206 g/mol. The van der Waals surface area contributed by atoms with Crippen LogP contribution in [0, 0.1) is 0 Å². The first kappa shape index (κ1) is 10.1. The number of hydrogen-bond donors (Lipinski definition) is 1. The molecule has 0 aliphatic heterocycles. The lowest BCUT2D eigenvalue weighted by atomic mass is 10.8. The largest absolute Gasteiger partial charge is 0.540 e. The molecule has 0 saturated carbocycles. The summed E-state index contributed by atoms with van der Waals surface area (Å²) in [5.41, 5.74) is 0. The topological polar surface area (TPSA) is 55.8 Å². The van der Waals surface area contributed by atoms with Crippen molar-refractivity contribution in [2.75, 3.05) is 6.61 Å². The van der Waals surface area contributed by atoms with Gasteiger partial charge in [-0.25, -0.2) is 4.79 Å². The van der Waals surface area contributed by atoms with Crippen molar-refractivity contribution >= 4 is 41.0 Å². The smallest absolute Gasteiger partial charge is 0.428 e. The maximum absolute atomic E-state index is 9.99. The Morgan fingerprint density at radius 2 is 2.00 bits per heavy atom. The van der Waals surface area contributed by atoms with Crippen molar-refractivity contribution in [1.82, 2.24) is 0 Å². The summed E-state index contributed by atoms with van der Waals surface area (Å²) in [7, 11) is 0. The molecule has 60 valence electrons. The van der Waals surface area contributed by atoms with Crippen molar-refractivity contribution in [1.29, 1.82) is 0 Å². The Bertz CT molecular complexity index is 119. The molecule has 0 heterocycles. The second-order valence-corrected chi connectivity index (χ2v) is 3.76. The predicted molar refractivity (Wildman–Crippen MR) is 35.4 cm³/mol. The van der Waals surface area contributed by atoms with Crippen LogP contribution in [0.3, 0.4) is 0 Å². The van der Waals surface area contributed by atoms with Gasteiger partial charge in [0.2, 0.25) is 3.79 Å². The number of carbonyl (C=O) groups excluding carboxylic acids is 1. The Hall–Kier alpha value is 0.1000. The van der Waals surface area contributed by atoms with E-state index < -0.39 is 16.6 Å². The monoisotopic (exact) mass is 208 g/mol. The Balaban J connectivity index is 3.46. The standard InChI is InChI=1S/C3H3Cl3O4/c4-3(5,6)1-9-2(7)10-8/h8H,1H2. The van der Waals surface area contributed by atoms with Crippen molar-refractivity contribution in [3.63, 3.8) is 0 Å². The highest BCUT2D eigenvalue weighted by atomic mass is 35.6. The van der Waals surface area contributed by atoms with E-state index in [-0.39, 0.29) is 0 Å². The van der Waals surface area contributed by atoms with Crippen molar-refractivity contribution in [3.05, 3.63) is 0 Å². The fraction of sp³-hybridized carbons (Fsp3) is 0.667. The van der Waals surface area contributed by atoms with Gasteiger partial charge >= 0.3 is 6.16 Å². The van der Waals surface area contributed by atoms with Gasteiger partial charge in [-0.15, -0.1) is 0 Å². The third kappa shape index (κ3) is 6.22. The van der Waals surface area contributed by atoms with Crippen LogP contribution in [0.15, 0.2) is 0 Å². The van der Waals surface area contributed by atoms with E-state index in [1.807, 2.05) is 0 Å². The minimum Gasteiger partial charge on any atom is -0.428 e. The summed E-state index contributed by atoms with van der Waals surface area (Å²) in [4.78, 5) is 13.1. The molecule has 0 spiro atoms. The SMILES string of the molecule is O=C(OO)OCC(Cl)(Cl)Cl. The van der Waals surface area contributed by atoms with Crippen LogP contribution in [0.1, 0.15) is 0 Å². The molecule has 0 bridgehead atoms. The maximum atomic E-state index is 9.99. The molecule has 0 aromatic rings. The lowest BCUT2D eigenvalue weighted by molar-refractivity contribution is -0.200. The van der Waals surface area contributed by atoms with Crippen LogP contribution in [0.2, 0.25) is 0 Å². The normalized spacial score (nSPS) is 10.8. The molecule has 4 nitrogen and oxygen atoms in total. The van der Waals surface area contributed by atoms with Gasteiger partial charge < -0.3 is 4.74 Å². The molecule has 0 aromatic carbocycles. The molecule has 0 atom stereocenters. The summed E-state index contributed by atoms with van der Waals surface area (Å²) in [5.74, 6) is 0. The molecule has 10 heavy (non-hydrogen) atoms. The maximum Gasteiger partial charge on any atom is 0.540 e.